The van der Waals surface area contributed by atoms with Crippen LogP contribution in [0, 0.1) is 5.92 Å². The van der Waals surface area contributed by atoms with Gasteiger partial charge < -0.3 is 9.47 Å². The summed E-state index contributed by atoms with van der Waals surface area (Å²) in [5.74, 6) is -1.30. The molecule has 1 heterocycles. The monoisotopic (exact) mass is 418 g/mol. The summed E-state index contributed by atoms with van der Waals surface area (Å²) in [6.07, 6.45) is -3.98. The fraction of sp³-hybridized carbons (Fsp3) is 0.474. The van der Waals surface area contributed by atoms with E-state index in [0.29, 0.717) is 29.2 Å². The summed E-state index contributed by atoms with van der Waals surface area (Å²) in [6.45, 7) is 4.83. The molecule has 0 radical (unpaired) electrons. The van der Waals surface area contributed by atoms with Crippen LogP contribution in [0.15, 0.2) is 18.2 Å². The van der Waals surface area contributed by atoms with Crippen LogP contribution in [0.5, 0.6) is 5.75 Å². The quantitative estimate of drug-likeness (QED) is 0.593. The van der Waals surface area contributed by atoms with E-state index in [4.69, 9.17) is 21.1 Å². The highest BCUT2D eigenvalue weighted by Crippen LogP contribution is 2.34. The molecule has 0 saturated heterocycles. The van der Waals surface area contributed by atoms with Crippen molar-refractivity contribution in [1.29, 1.82) is 0 Å². The lowest BCUT2D eigenvalue weighted by Gasteiger charge is -2.18. The van der Waals surface area contributed by atoms with E-state index in [0.717, 1.165) is 6.92 Å². The average Bonchev–Trinajstić information content (AvgIpc) is 2.97. The van der Waals surface area contributed by atoms with Gasteiger partial charge in [-0.1, -0.05) is 31.5 Å². The summed E-state index contributed by atoms with van der Waals surface area (Å²) in [6, 6.07) is 4.73. The van der Waals surface area contributed by atoms with Crippen molar-refractivity contribution in [3.8, 4) is 11.4 Å². The van der Waals surface area contributed by atoms with Crippen LogP contribution in [0.25, 0.3) is 5.69 Å². The maximum absolute atomic E-state index is 12.8. The van der Waals surface area contributed by atoms with Gasteiger partial charge in [-0.3, -0.25) is 4.57 Å². The smallest absolute Gasteiger partial charge is 0.391 e. The molecule has 1 atom stereocenters. The van der Waals surface area contributed by atoms with Gasteiger partial charge in [-0.05, 0) is 31.0 Å². The Balaban J connectivity index is 2.49. The Morgan fingerprint density at radius 1 is 1.32 bits per heavy atom. The molecule has 1 unspecified atom stereocenters. The lowest BCUT2D eigenvalue weighted by Crippen LogP contribution is -2.21. The van der Waals surface area contributed by atoms with E-state index in [2.05, 4.69) is 4.98 Å². The number of rotatable bonds is 7. The first-order chi connectivity index (χ1) is 13.1. The second-order valence-electron chi connectivity index (χ2n) is 6.23. The summed E-state index contributed by atoms with van der Waals surface area (Å²) in [7, 11) is 1.42. The third kappa shape index (κ3) is 4.60. The van der Waals surface area contributed by atoms with E-state index in [1.165, 1.54) is 13.2 Å². The van der Waals surface area contributed by atoms with Crippen molar-refractivity contribution >= 4 is 17.6 Å². The maximum atomic E-state index is 12.8. The molecule has 2 rings (SSSR count). The zero-order valence-corrected chi connectivity index (χ0v) is 16.8. The van der Waals surface area contributed by atoms with Crippen LogP contribution in [-0.2, 0) is 17.6 Å². The molecule has 0 fully saturated rings. The minimum atomic E-state index is -4.27. The van der Waals surface area contributed by atoms with Crippen LogP contribution in [0.2, 0.25) is 5.15 Å². The fourth-order valence-electron chi connectivity index (χ4n) is 2.76. The van der Waals surface area contributed by atoms with Crippen molar-refractivity contribution in [3.05, 3.63) is 40.4 Å². The van der Waals surface area contributed by atoms with Crippen molar-refractivity contribution in [1.82, 2.24) is 9.55 Å². The molecule has 0 amide bonds. The second-order valence-corrected chi connectivity index (χ2v) is 6.59. The van der Waals surface area contributed by atoms with Gasteiger partial charge in [-0.25, -0.2) is 9.78 Å². The first-order valence-electron chi connectivity index (χ1n) is 8.82. The van der Waals surface area contributed by atoms with Gasteiger partial charge in [0.05, 0.1) is 25.3 Å². The number of halogens is 4. The molecule has 154 valence electrons. The number of methoxy groups -OCH3 is 1. The Kier molecular flexibility index (Phi) is 6.98. The molecule has 0 aliphatic rings. The number of alkyl halides is 3. The van der Waals surface area contributed by atoms with E-state index in [-0.39, 0.29) is 23.9 Å². The number of imidazole rings is 1. The highest BCUT2D eigenvalue weighted by Gasteiger charge is 2.35. The minimum Gasteiger partial charge on any atom is -0.495 e. The van der Waals surface area contributed by atoms with Crippen molar-refractivity contribution in [2.24, 2.45) is 5.92 Å². The third-order valence-electron chi connectivity index (χ3n) is 4.26. The molecule has 0 aliphatic heterocycles. The van der Waals surface area contributed by atoms with Crippen molar-refractivity contribution in [3.63, 3.8) is 0 Å². The average molecular weight is 419 g/mol. The third-order valence-corrected chi connectivity index (χ3v) is 4.61. The van der Waals surface area contributed by atoms with Crippen LogP contribution in [0.4, 0.5) is 13.2 Å². The van der Waals surface area contributed by atoms with Crippen LogP contribution < -0.4 is 4.74 Å². The topological polar surface area (TPSA) is 53.3 Å². The molecular formula is C19H22ClF3N2O3. The number of esters is 1. The molecule has 0 aliphatic carbocycles. The van der Waals surface area contributed by atoms with E-state index in [1.807, 2.05) is 6.92 Å². The lowest BCUT2D eigenvalue weighted by atomic mass is 10.00. The number of hydrogen-bond acceptors (Lipinski definition) is 4. The van der Waals surface area contributed by atoms with Gasteiger partial charge in [-0.2, -0.15) is 13.2 Å². The first-order valence-corrected chi connectivity index (χ1v) is 9.19. The van der Waals surface area contributed by atoms with Crippen LogP contribution in [0.1, 0.15) is 42.6 Å². The van der Waals surface area contributed by atoms with Gasteiger partial charge in [0.2, 0.25) is 0 Å². The van der Waals surface area contributed by atoms with Gasteiger partial charge in [-0.15, -0.1) is 0 Å². The SMILES string of the molecule is CCOC(=O)c1nc(CC)n(-c2ccc(CC(C)C(F)(F)F)cc2OC)c1Cl. The number of nitrogens with zero attached hydrogens (tertiary/aromatic N) is 2. The highest BCUT2D eigenvalue weighted by atomic mass is 35.5. The summed E-state index contributed by atoms with van der Waals surface area (Å²) < 4.78 is 50.4. The zero-order valence-electron chi connectivity index (χ0n) is 16.1. The number of aryl methyl sites for hydroxylation is 1. The molecule has 1 aromatic carbocycles. The number of benzene rings is 1. The van der Waals surface area contributed by atoms with Gasteiger partial charge in [0.1, 0.15) is 16.7 Å². The van der Waals surface area contributed by atoms with Crippen molar-refractivity contribution in [2.45, 2.75) is 39.8 Å². The molecule has 28 heavy (non-hydrogen) atoms. The Morgan fingerprint density at radius 3 is 2.54 bits per heavy atom. The Labute approximate surface area is 166 Å². The van der Waals surface area contributed by atoms with Gasteiger partial charge in [0, 0.05) is 6.42 Å². The molecule has 0 bridgehead atoms. The normalized spacial score (nSPS) is 12.7. The van der Waals surface area contributed by atoms with Gasteiger partial charge in [0.15, 0.2) is 5.69 Å². The Morgan fingerprint density at radius 2 is 2.00 bits per heavy atom. The number of hydrogen-bond donors (Lipinski definition) is 0. The largest absolute Gasteiger partial charge is 0.495 e. The van der Waals surface area contributed by atoms with Gasteiger partial charge in [0.25, 0.3) is 0 Å². The summed E-state index contributed by atoms with van der Waals surface area (Å²) in [5, 5.41) is 0.0602. The van der Waals surface area contributed by atoms with Crippen molar-refractivity contribution in [2.75, 3.05) is 13.7 Å². The Hall–Kier alpha value is -2.22. The fourth-order valence-corrected chi connectivity index (χ4v) is 3.07. The molecule has 0 N–H and O–H groups in total. The maximum Gasteiger partial charge on any atom is 0.391 e. The summed E-state index contributed by atoms with van der Waals surface area (Å²) >= 11 is 6.38. The second kappa shape index (κ2) is 8.86. The minimum absolute atomic E-state index is 0.0165. The van der Waals surface area contributed by atoms with E-state index < -0.39 is 18.1 Å². The van der Waals surface area contributed by atoms with Crippen molar-refractivity contribution < 1.29 is 27.4 Å². The lowest BCUT2D eigenvalue weighted by molar-refractivity contribution is -0.169. The Bertz CT molecular complexity index is 850. The molecule has 0 spiro atoms. The van der Waals surface area contributed by atoms with E-state index in [9.17, 15) is 18.0 Å². The molecule has 2 aromatic rings. The first kappa shape index (κ1) is 22.1. The number of aromatic nitrogens is 2. The zero-order chi connectivity index (χ0) is 21.1. The molecule has 1 aromatic heterocycles. The highest BCUT2D eigenvalue weighted by molar-refractivity contribution is 6.32. The number of carbonyl (C=O) groups excluding carboxylic acids is 1. The number of ether oxygens (including phenoxy) is 2. The summed E-state index contributed by atoms with van der Waals surface area (Å²) in [4.78, 5) is 16.3. The number of carbonyl (C=O) groups is 1. The van der Waals surface area contributed by atoms with Crippen LogP contribution in [-0.4, -0.2) is 35.4 Å². The predicted octanol–water partition coefficient (Wildman–Crippen LogP) is 5.01. The van der Waals surface area contributed by atoms with Crippen LogP contribution >= 0.6 is 11.6 Å². The molecular weight excluding hydrogens is 397 g/mol. The molecule has 0 saturated carbocycles. The predicted molar refractivity (Wildman–Crippen MR) is 99.4 cm³/mol. The molecule has 9 heteroatoms. The van der Waals surface area contributed by atoms with E-state index in [1.54, 1.807) is 23.6 Å². The van der Waals surface area contributed by atoms with Crippen LogP contribution in [0.3, 0.4) is 0 Å². The molecule has 5 nitrogen and oxygen atoms in total. The van der Waals surface area contributed by atoms with E-state index >= 15 is 0 Å². The standard InChI is InChI=1S/C19H22ClF3N2O3/c1-5-15-24-16(18(26)28-6-2)17(20)25(15)13-8-7-12(10-14(13)27-4)9-11(3)19(21,22)23/h7-8,10-11H,5-6,9H2,1-4H3. The van der Waals surface area contributed by atoms with Gasteiger partial charge >= 0.3 is 12.1 Å². The summed E-state index contributed by atoms with van der Waals surface area (Å²) in [5.41, 5.74) is 0.943.